The molecule has 0 aliphatic rings. The van der Waals surface area contributed by atoms with Gasteiger partial charge in [-0.15, -0.1) is 0 Å². The molecule has 4 nitrogen and oxygen atoms in total. The molecule has 0 aliphatic heterocycles. The van der Waals surface area contributed by atoms with Crippen LogP contribution in [0.15, 0.2) is 48.5 Å². The lowest BCUT2D eigenvalue weighted by Crippen LogP contribution is -2.26. The van der Waals surface area contributed by atoms with Crippen molar-refractivity contribution < 1.29 is 14.6 Å². The van der Waals surface area contributed by atoms with Gasteiger partial charge in [-0.2, -0.15) is 0 Å². The van der Waals surface area contributed by atoms with E-state index in [1.807, 2.05) is 30.3 Å². The number of ether oxygens (including phenoxy) is 1. The van der Waals surface area contributed by atoms with Crippen LogP contribution in [0.25, 0.3) is 0 Å². The smallest absolute Gasteiger partial charge is 0.261 e. The molecule has 0 saturated heterocycles. The number of hydrogen-bond donors (Lipinski definition) is 1. The standard InChI is InChI=1S/C15H15NO3/c1-16(11-6-4-3-5-7-11)15(18)13-10-12(19-2)8-9-14(13)17/h3-10,17H,1-2H3. The average molecular weight is 257 g/mol. The van der Waals surface area contributed by atoms with E-state index in [4.69, 9.17) is 4.74 Å². The number of carbonyl (C=O) groups is 1. The minimum atomic E-state index is -0.289. The SMILES string of the molecule is COc1ccc(O)c(C(=O)N(C)c2ccccc2)c1. The zero-order valence-electron chi connectivity index (χ0n) is 10.8. The molecule has 2 rings (SSSR count). The molecule has 0 bridgehead atoms. The Hall–Kier alpha value is -2.49. The van der Waals surface area contributed by atoms with E-state index >= 15 is 0 Å². The number of para-hydroxylation sites is 1. The topological polar surface area (TPSA) is 49.8 Å². The normalized spacial score (nSPS) is 10.0. The number of carbonyl (C=O) groups excluding carboxylic acids is 1. The van der Waals surface area contributed by atoms with Crippen molar-refractivity contribution in [2.75, 3.05) is 19.1 Å². The van der Waals surface area contributed by atoms with Gasteiger partial charge in [0.1, 0.15) is 11.5 Å². The van der Waals surface area contributed by atoms with Crippen LogP contribution in [-0.4, -0.2) is 25.2 Å². The Balaban J connectivity index is 2.34. The Morgan fingerprint density at radius 3 is 2.47 bits per heavy atom. The van der Waals surface area contributed by atoms with Gasteiger partial charge in [0.25, 0.3) is 5.91 Å². The van der Waals surface area contributed by atoms with Crippen molar-refractivity contribution >= 4 is 11.6 Å². The predicted octanol–water partition coefficient (Wildman–Crippen LogP) is 2.68. The average Bonchev–Trinajstić information content (AvgIpc) is 2.47. The third kappa shape index (κ3) is 2.68. The van der Waals surface area contributed by atoms with Crippen molar-refractivity contribution in [3.63, 3.8) is 0 Å². The summed E-state index contributed by atoms with van der Waals surface area (Å²) in [5.74, 6) is 0.179. The van der Waals surface area contributed by atoms with Crippen LogP contribution in [0.2, 0.25) is 0 Å². The van der Waals surface area contributed by atoms with Gasteiger partial charge in [-0.3, -0.25) is 4.79 Å². The van der Waals surface area contributed by atoms with E-state index in [1.165, 1.54) is 24.1 Å². The number of phenolic OH excluding ortho intramolecular Hbond substituents is 1. The number of phenols is 1. The minimum absolute atomic E-state index is 0.0615. The lowest BCUT2D eigenvalue weighted by molar-refractivity contribution is 0.0990. The fourth-order valence-corrected chi connectivity index (χ4v) is 1.76. The zero-order chi connectivity index (χ0) is 13.8. The molecule has 0 aromatic heterocycles. The highest BCUT2D eigenvalue weighted by Gasteiger charge is 2.17. The number of hydrogen-bond acceptors (Lipinski definition) is 3. The minimum Gasteiger partial charge on any atom is -0.507 e. The summed E-state index contributed by atoms with van der Waals surface area (Å²) in [6.45, 7) is 0. The van der Waals surface area contributed by atoms with E-state index in [-0.39, 0.29) is 17.2 Å². The van der Waals surface area contributed by atoms with E-state index in [2.05, 4.69) is 0 Å². The van der Waals surface area contributed by atoms with Crippen LogP contribution in [0.3, 0.4) is 0 Å². The molecule has 4 heteroatoms. The van der Waals surface area contributed by atoms with Gasteiger partial charge in [-0.25, -0.2) is 0 Å². The summed E-state index contributed by atoms with van der Waals surface area (Å²) in [7, 11) is 3.18. The quantitative estimate of drug-likeness (QED) is 0.919. The maximum Gasteiger partial charge on any atom is 0.261 e. The number of methoxy groups -OCH3 is 1. The third-order valence-corrected chi connectivity index (χ3v) is 2.88. The third-order valence-electron chi connectivity index (χ3n) is 2.88. The molecule has 0 heterocycles. The zero-order valence-corrected chi connectivity index (χ0v) is 10.8. The first-order chi connectivity index (χ1) is 9.13. The van der Waals surface area contributed by atoms with Crippen molar-refractivity contribution in [2.45, 2.75) is 0 Å². The van der Waals surface area contributed by atoms with E-state index in [0.29, 0.717) is 5.75 Å². The molecule has 2 aromatic carbocycles. The number of rotatable bonds is 3. The Morgan fingerprint density at radius 1 is 1.16 bits per heavy atom. The molecule has 0 atom stereocenters. The first-order valence-electron chi connectivity index (χ1n) is 5.83. The van der Waals surface area contributed by atoms with Crippen molar-refractivity contribution in [1.29, 1.82) is 0 Å². The maximum atomic E-state index is 12.3. The molecule has 0 radical (unpaired) electrons. The first kappa shape index (κ1) is 13.0. The highest BCUT2D eigenvalue weighted by atomic mass is 16.5. The van der Waals surface area contributed by atoms with Gasteiger partial charge in [0.15, 0.2) is 0 Å². The molecule has 19 heavy (non-hydrogen) atoms. The van der Waals surface area contributed by atoms with E-state index < -0.39 is 0 Å². The monoisotopic (exact) mass is 257 g/mol. The summed E-state index contributed by atoms with van der Waals surface area (Å²) in [5, 5.41) is 9.79. The molecule has 1 amide bonds. The fraction of sp³-hybridized carbons (Fsp3) is 0.133. The Kier molecular flexibility index (Phi) is 3.71. The van der Waals surface area contributed by atoms with Crippen LogP contribution in [0.5, 0.6) is 11.5 Å². The van der Waals surface area contributed by atoms with Crippen LogP contribution < -0.4 is 9.64 Å². The Morgan fingerprint density at radius 2 is 1.84 bits per heavy atom. The molecule has 1 N–H and O–H groups in total. The molecule has 2 aromatic rings. The molecule has 0 unspecified atom stereocenters. The molecule has 98 valence electrons. The Bertz CT molecular complexity index is 581. The summed E-state index contributed by atoms with van der Waals surface area (Å²) >= 11 is 0. The second-order valence-electron chi connectivity index (χ2n) is 4.08. The Labute approximate surface area is 111 Å². The fourth-order valence-electron chi connectivity index (χ4n) is 1.76. The highest BCUT2D eigenvalue weighted by Crippen LogP contribution is 2.25. The second-order valence-corrected chi connectivity index (χ2v) is 4.08. The number of anilines is 1. The van der Waals surface area contributed by atoms with Crippen molar-refractivity contribution in [1.82, 2.24) is 0 Å². The van der Waals surface area contributed by atoms with Crippen LogP contribution >= 0.6 is 0 Å². The van der Waals surface area contributed by atoms with Crippen molar-refractivity contribution in [3.05, 3.63) is 54.1 Å². The number of aromatic hydroxyl groups is 1. The lowest BCUT2D eigenvalue weighted by atomic mass is 10.1. The van der Waals surface area contributed by atoms with Gasteiger partial charge in [0, 0.05) is 12.7 Å². The predicted molar refractivity (Wildman–Crippen MR) is 73.8 cm³/mol. The molecule has 0 saturated carbocycles. The summed E-state index contributed by atoms with van der Waals surface area (Å²) in [5.41, 5.74) is 0.973. The largest absolute Gasteiger partial charge is 0.507 e. The van der Waals surface area contributed by atoms with Gasteiger partial charge in [0.2, 0.25) is 0 Å². The van der Waals surface area contributed by atoms with E-state index in [9.17, 15) is 9.90 Å². The maximum absolute atomic E-state index is 12.3. The van der Waals surface area contributed by atoms with Crippen molar-refractivity contribution in [2.24, 2.45) is 0 Å². The molecular formula is C15H15NO3. The number of nitrogens with zero attached hydrogens (tertiary/aromatic N) is 1. The van der Waals surface area contributed by atoms with E-state index in [1.54, 1.807) is 13.1 Å². The van der Waals surface area contributed by atoms with Gasteiger partial charge in [-0.05, 0) is 30.3 Å². The second kappa shape index (κ2) is 5.44. The summed E-state index contributed by atoms with van der Waals surface area (Å²) in [4.78, 5) is 13.8. The number of amides is 1. The van der Waals surface area contributed by atoms with E-state index in [0.717, 1.165) is 5.69 Å². The lowest BCUT2D eigenvalue weighted by Gasteiger charge is -2.18. The van der Waals surface area contributed by atoms with Gasteiger partial charge in [-0.1, -0.05) is 18.2 Å². The van der Waals surface area contributed by atoms with Crippen molar-refractivity contribution in [3.8, 4) is 11.5 Å². The summed E-state index contributed by atoms with van der Waals surface area (Å²) in [6.07, 6.45) is 0. The molecule has 0 spiro atoms. The van der Waals surface area contributed by atoms with Gasteiger partial charge < -0.3 is 14.7 Å². The number of benzene rings is 2. The molecule has 0 aliphatic carbocycles. The summed E-state index contributed by atoms with van der Waals surface area (Å²) in [6, 6.07) is 13.8. The first-order valence-corrected chi connectivity index (χ1v) is 5.83. The van der Waals surface area contributed by atoms with Gasteiger partial charge in [0.05, 0.1) is 12.7 Å². The van der Waals surface area contributed by atoms with Gasteiger partial charge >= 0.3 is 0 Å². The van der Waals surface area contributed by atoms with Crippen LogP contribution in [0, 0.1) is 0 Å². The van der Waals surface area contributed by atoms with Crippen LogP contribution in [-0.2, 0) is 0 Å². The molecular weight excluding hydrogens is 242 g/mol. The van der Waals surface area contributed by atoms with Crippen LogP contribution in [0.1, 0.15) is 10.4 Å². The molecule has 0 fully saturated rings. The summed E-state index contributed by atoms with van der Waals surface area (Å²) < 4.78 is 5.06. The van der Waals surface area contributed by atoms with Crippen LogP contribution in [0.4, 0.5) is 5.69 Å². The highest BCUT2D eigenvalue weighted by molar-refractivity contribution is 6.07.